The van der Waals surface area contributed by atoms with Crippen molar-refractivity contribution >= 4 is 0 Å². The lowest BCUT2D eigenvalue weighted by molar-refractivity contribution is -0.603. The Hall–Kier alpha value is -2.70. The maximum Gasteiger partial charge on any atom is 0.440 e. The van der Waals surface area contributed by atoms with Gasteiger partial charge in [0.25, 0.3) is 5.82 Å². The standard InChI is InChI=1S/C12H11N5O2/c1-15-9-8(10(18)16(2)12(15)19)13-11(14-9)17-6-4-3-5-7-17/h3-7H,1-2H3. The molecule has 1 aromatic heterocycles. The van der Waals surface area contributed by atoms with Gasteiger partial charge in [-0.1, -0.05) is 11.1 Å². The first-order valence-corrected chi connectivity index (χ1v) is 5.66. The molecule has 7 nitrogen and oxygen atoms in total. The van der Waals surface area contributed by atoms with Crippen LogP contribution in [0.15, 0.2) is 35.4 Å². The first kappa shape index (κ1) is 11.4. The summed E-state index contributed by atoms with van der Waals surface area (Å²) < 4.78 is 4.02. The van der Waals surface area contributed by atoms with Crippen LogP contribution >= 0.6 is 0 Å². The van der Waals surface area contributed by atoms with E-state index >= 15 is 0 Å². The Bertz CT molecular complexity index is 775. The maximum absolute atomic E-state index is 12.0. The zero-order valence-corrected chi connectivity index (χ0v) is 10.4. The van der Waals surface area contributed by atoms with Crippen LogP contribution in [-0.2, 0) is 14.1 Å². The van der Waals surface area contributed by atoms with Gasteiger partial charge in [-0.25, -0.2) is 9.36 Å². The van der Waals surface area contributed by atoms with Crippen molar-refractivity contribution in [1.29, 1.82) is 0 Å². The minimum absolute atomic E-state index is 0.191. The summed E-state index contributed by atoms with van der Waals surface area (Å²) in [5.74, 6) is 0.224. The lowest BCUT2D eigenvalue weighted by Gasteiger charge is -2.14. The Labute approximate surface area is 108 Å². The summed E-state index contributed by atoms with van der Waals surface area (Å²) in [6.45, 7) is 0. The third kappa shape index (κ3) is 1.59. The summed E-state index contributed by atoms with van der Waals surface area (Å²) in [6.07, 6.45) is 3.55. The third-order valence-electron chi connectivity index (χ3n) is 2.97. The van der Waals surface area contributed by atoms with Gasteiger partial charge in [0.05, 0.1) is 12.4 Å². The van der Waals surface area contributed by atoms with Crippen LogP contribution in [0, 0.1) is 0 Å². The number of imidazole rings is 1. The predicted molar refractivity (Wildman–Crippen MR) is 63.8 cm³/mol. The topological polar surface area (TPSA) is 79.7 Å². The second-order valence-electron chi connectivity index (χ2n) is 4.18. The fourth-order valence-corrected chi connectivity index (χ4v) is 1.91. The summed E-state index contributed by atoms with van der Waals surface area (Å²) in [5.41, 5.74) is -0.224. The van der Waals surface area contributed by atoms with E-state index in [1.54, 1.807) is 24.0 Å². The molecule has 0 saturated heterocycles. The van der Waals surface area contributed by atoms with Crippen LogP contribution in [0.3, 0.4) is 0 Å². The van der Waals surface area contributed by atoms with Crippen LogP contribution in [-0.4, -0.2) is 19.1 Å². The van der Waals surface area contributed by atoms with E-state index in [1.165, 1.54) is 11.6 Å². The first-order chi connectivity index (χ1) is 9.09. The highest BCUT2D eigenvalue weighted by molar-refractivity contribution is 5.58. The second-order valence-corrected chi connectivity index (χ2v) is 4.18. The number of aromatic nitrogens is 5. The van der Waals surface area contributed by atoms with Gasteiger partial charge in [-0.05, 0) is 17.1 Å². The maximum atomic E-state index is 12.0. The van der Waals surface area contributed by atoms with Crippen LogP contribution < -0.4 is 15.4 Å². The van der Waals surface area contributed by atoms with E-state index in [9.17, 15) is 9.90 Å². The molecule has 0 atom stereocenters. The Morgan fingerprint density at radius 3 is 2.47 bits per heavy atom. The van der Waals surface area contributed by atoms with E-state index in [0.717, 1.165) is 4.57 Å². The number of hydrogen-bond acceptors (Lipinski definition) is 4. The number of fused-ring (bicyclic) bond motifs is 1. The zero-order valence-electron chi connectivity index (χ0n) is 10.4. The normalized spacial score (nSPS) is 11.1. The summed E-state index contributed by atoms with van der Waals surface area (Å²) in [4.78, 5) is 20.3. The molecule has 19 heavy (non-hydrogen) atoms. The van der Waals surface area contributed by atoms with Crippen LogP contribution in [0.5, 0.6) is 5.88 Å². The molecule has 3 heterocycles. The molecule has 0 spiro atoms. The van der Waals surface area contributed by atoms with Gasteiger partial charge in [0.2, 0.25) is 5.69 Å². The summed E-state index contributed by atoms with van der Waals surface area (Å²) in [6, 6.07) is 5.53. The molecule has 0 saturated carbocycles. The largest absolute Gasteiger partial charge is 0.857 e. The quantitative estimate of drug-likeness (QED) is 0.522. The number of pyridine rings is 1. The Morgan fingerprint density at radius 2 is 1.79 bits per heavy atom. The summed E-state index contributed by atoms with van der Waals surface area (Å²) in [5, 5.41) is 12.0. The fourth-order valence-electron chi connectivity index (χ4n) is 1.91. The lowest BCUT2D eigenvalue weighted by atomic mass is 10.4. The average Bonchev–Trinajstić information content (AvgIpc) is 2.89. The van der Waals surface area contributed by atoms with Gasteiger partial charge < -0.3 is 9.67 Å². The molecule has 0 radical (unpaired) electrons. The average molecular weight is 257 g/mol. The Morgan fingerprint density at radius 1 is 1.11 bits per heavy atom. The minimum Gasteiger partial charge on any atom is -0.857 e. The molecule has 2 aliphatic heterocycles. The molecule has 7 heteroatoms. The highest BCUT2D eigenvalue weighted by Crippen LogP contribution is 2.23. The van der Waals surface area contributed by atoms with Crippen molar-refractivity contribution in [3.05, 3.63) is 41.1 Å². The van der Waals surface area contributed by atoms with Crippen molar-refractivity contribution in [3.63, 3.8) is 0 Å². The first-order valence-electron chi connectivity index (χ1n) is 5.66. The van der Waals surface area contributed by atoms with Gasteiger partial charge >= 0.3 is 11.6 Å². The van der Waals surface area contributed by atoms with Crippen LogP contribution in [0.25, 0.3) is 17.5 Å². The van der Waals surface area contributed by atoms with Crippen LogP contribution in [0.1, 0.15) is 0 Å². The highest BCUT2D eigenvalue weighted by atomic mass is 16.3. The number of nitrogens with zero attached hydrogens (tertiary/aromatic N) is 5. The lowest BCUT2D eigenvalue weighted by Crippen LogP contribution is -2.31. The van der Waals surface area contributed by atoms with E-state index in [2.05, 4.69) is 9.97 Å². The van der Waals surface area contributed by atoms with Crippen molar-refractivity contribution in [2.24, 2.45) is 14.1 Å². The molecule has 0 fully saturated rings. The van der Waals surface area contributed by atoms with E-state index in [4.69, 9.17) is 0 Å². The Balaban J connectivity index is 2.34. The summed E-state index contributed by atoms with van der Waals surface area (Å²) in [7, 11) is 2.99. The van der Waals surface area contributed by atoms with E-state index < -0.39 is 11.6 Å². The SMILES string of the molecule is Cn1c2nc(-[n+]3ccccc3)nc-2c([O-])n(C)c1=O. The molecule has 0 aliphatic carbocycles. The molecule has 0 bridgehead atoms. The van der Waals surface area contributed by atoms with Gasteiger partial charge in [0, 0.05) is 20.0 Å². The van der Waals surface area contributed by atoms with E-state index in [1.807, 2.05) is 18.2 Å². The number of rotatable bonds is 1. The molecular formula is C12H11N5O2. The van der Waals surface area contributed by atoms with Crippen molar-refractivity contribution in [2.75, 3.05) is 0 Å². The molecule has 96 valence electrons. The number of hydrogen-bond donors (Lipinski definition) is 0. The van der Waals surface area contributed by atoms with Crippen molar-refractivity contribution in [2.45, 2.75) is 0 Å². The van der Waals surface area contributed by atoms with Gasteiger partial charge in [0.1, 0.15) is 0 Å². The van der Waals surface area contributed by atoms with Crippen LogP contribution in [0.4, 0.5) is 0 Å². The van der Waals surface area contributed by atoms with Gasteiger partial charge in [-0.15, -0.1) is 0 Å². The molecule has 0 amide bonds. The fraction of sp³-hybridized carbons (Fsp3) is 0.167. The van der Waals surface area contributed by atoms with Gasteiger partial charge in [0.15, 0.2) is 0 Å². The van der Waals surface area contributed by atoms with Gasteiger partial charge in [-0.3, -0.25) is 4.57 Å². The molecule has 0 N–H and O–H groups in total. The van der Waals surface area contributed by atoms with Crippen molar-refractivity contribution in [3.8, 4) is 23.3 Å². The molecule has 2 aliphatic rings. The van der Waals surface area contributed by atoms with Crippen molar-refractivity contribution < 1.29 is 9.67 Å². The Kier molecular flexibility index (Phi) is 2.34. The second kappa shape index (κ2) is 3.91. The summed E-state index contributed by atoms with van der Waals surface area (Å²) >= 11 is 0. The van der Waals surface area contributed by atoms with E-state index in [0.29, 0.717) is 11.8 Å². The highest BCUT2D eigenvalue weighted by Gasteiger charge is 2.27. The van der Waals surface area contributed by atoms with Crippen LogP contribution in [0.2, 0.25) is 0 Å². The zero-order chi connectivity index (χ0) is 13.6. The van der Waals surface area contributed by atoms with E-state index in [-0.39, 0.29) is 5.69 Å². The smallest absolute Gasteiger partial charge is 0.440 e. The predicted octanol–water partition coefficient (Wildman–Crippen LogP) is -1.03. The monoisotopic (exact) mass is 257 g/mol. The third-order valence-corrected chi connectivity index (χ3v) is 2.97. The van der Waals surface area contributed by atoms with Gasteiger partial charge in [-0.2, -0.15) is 0 Å². The molecule has 0 unspecified atom stereocenters. The minimum atomic E-state index is -0.437. The molecule has 3 rings (SSSR count). The molecular weight excluding hydrogens is 246 g/mol. The van der Waals surface area contributed by atoms with Crippen molar-refractivity contribution in [1.82, 2.24) is 19.1 Å². The molecule has 1 aromatic rings. The molecule has 0 aromatic carbocycles.